The highest BCUT2D eigenvalue weighted by atomic mass is 16.6. The number of amides is 3. The predicted molar refractivity (Wildman–Crippen MR) is 142 cm³/mol. The average Bonchev–Trinajstić information content (AvgIpc) is 3.72. The third-order valence-corrected chi connectivity index (χ3v) is 6.96. The van der Waals surface area contributed by atoms with E-state index >= 15 is 0 Å². The molecule has 200 valence electrons. The van der Waals surface area contributed by atoms with Crippen molar-refractivity contribution in [2.75, 3.05) is 39.3 Å². The summed E-state index contributed by atoms with van der Waals surface area (Å²) in [5.41, 5.74) is 1.60. The minimum Gasteiger partial charge on any atom is -0.410 e. The van der Waals surface area contributed by atoms with Gasteiger partial charge in [-0.25, -0.2) is 14.4 Å². The Balaban J connectivity index is 1.28. The Morgan fingerprint density at radius 1 is 0.500 bits per heavy atom. The number of nitrogens with zero attached hydrogens (tertiary/aromatic N) is 3. The van der Waals surface area contributed by atoms with Crippen LogP contribution in [-0.4, -0.2) is 72.2 Å². The lowest BCUT2D eigenvalue weighted by molar-refractivity contribution is 0.160. The summed E-state index contributed by atoms with van der Waals surface area (Å²) in [6, 6.07) is 12.3. The molecule has 3 aliphatic heterocycles. The molecule has 3 aliphatic rings. The van der Waals surface area contributed by atoms with Crippen LogP contribution in [0, 0.1) is 0 Å². The molecule has 38 heavy (non-hydrogen) atoms. The molecule has 0 atom stereocenters. The third kappa shape index (κ3) is 6.65. The number of ether oxygens (including phenoxy) is 3. The van der Waals surface area contributed by atoms with E-state index in [1.807, 2.05) is 24.3 Å². The Bertz CT molecular complexity index is 1130. The van der Waals surface area contributed by atoms with E-state index in [2.05, 4.69) is 0 Å². The number of carbonyl (C=O) groups excluding carboxylic acids is 3. The van der Waals surface area contributed by atoms with Gasteiger partial charge in [0, 0.05) is 45.3 Å². The van der Waals surface area contributed by atoms with Crippen LogP contribution < -0.4 is 14.2 Å². The Hall–Kier alpha value is -4.01. The van der Waals surface area contributed by atoms with Gasteiger partial charge in [-0.15, -0.1) is 0 Å². The normalized spacial score (nSPS) is 17.3. The Labute approximate surface area is 222 Å². The smallest absolute Gasteiger partial charge is 0.410 e. The maximum Gasteiger partial charge on any atom is 0.415 e. The molecule has 3 saturated heterocycles. The van der Waals surface area contributed by atoms with Crippen molar-refractivity contribution in [2.45, 2.75) is 38.5 Å². The largest absolute Gasteiger partial charge is 0.415 e. The van der Waals surface area contributed by atoms with Crippen LogP contribution in [-0.2, 0) is 0 Å². The summed E-state index contributed by atoms with van der Waals surface area (Å²) in [5.74, 6) is 1.13. The van der Waals surface area contributed by atoms with E-state index in [-0.39, 0.29) is 6.09 Å². The van der Waals surface area contributed by atoms with E-state index in [0.717, 1.165) is 57.2 Å². The first-order chi connectivity index (χ1) is 18.5. The van der Waals surface area contributed by atoms with Gasteiger partial charge in [-0.3, -0.25) is 0 Å². The van der Waals surface area contributed by atoms with Crippen LogP contribution in [0.2, 0.25) is 0 Å². The van der Waals surface area contributed by atoms with Gasteiger partial charge in [0.05, 0.1) is 0 Å². The summed E-state index contributed by atoms with van der Waals surface area (Å²) in [4.78, 5) is 42.4. The highest BCUT2D eigenvalue weighted by Gasteiger charge is 2.23. The molecule has 9 heteroatoms. The third-order valence-electron chi connectivity index (χ3n) is 6.96. The van der Waals surface area contributed by atoms with Crippen LogP contribution in [0.15, 0.2) is 42.5 Å². The molecular formula is C29H33N3O6. The molecule has 0 aromatic heterocycles. The number of benzene rings is 2. The summed E-state index contributed by atoms with van der Waals surface area (Å²) in [6.45, 7) is 4.19. The summed E-state index contributed by atoms with van der Waals surface area (Å²) in [5, 5.41) is 0. The molecule has 5 rings (SSSR count). The highest BCUT2D eigenvalue weighted by molar-refractivity contribution is 5.76. The van der Waals surface area contributed by atoms with Gasteiger partial charge in [-0.2, -0.15) is 0 Å². The van der Waals surface area contributed by atoms with E-state index in [0.29, 0.717) is 49.0 Å². The fraction of sp³-hybridized carbons (Fsp3) is 0.414. The van der Waals surface area contributed by atoms with E-state index in [1.54, 1.807) is 45.0 Å². The molecule has 9 nitrogen and oxygen atoms in total. The molecule has 3 heterocycles. The number of rotatable bonds is 5. The molecule has 0 saturated carbocycles. The van der Waals surface area contributed by atoms with Gasteiger partial charge in [-0.05, 0) is 73.9 Å². The minimum absolute atomic E-state index is 0.317. The van der Waals surface area contributed by atoms with Crippen LogP contribution in [0.1, 0.15) is 49.7 Å². The Morgan fingerprint density at radius 3 is 1.29 bits per heavy atom. The fourth-order valence-corrected chi connectivity index (χ4v) is 4.84. The van der Waals surface area contributed by atoms with Gasteiger partial charge in [0.2, 0.25) is 0 Å². The predicted octanol–water partition coefficient (Wildman–Crippen LogP) is 5.64. The van der Waals surface area contributed by atoms with Crippen molar-refractivity contribution in [1.29, 1.82) is 0 Å². The zero-order valence-electron chi connectivity index (χ0n) is 21.5. The van der Waals surface area contributed by atoms with Crippen molar-refractivity contribution in [2.24, 2.45) is 0 Å². The lowest BCUT2D eigenvalue weighted by atomic mass is 10.1. The van der Waals surface area contributed by atoms with Gasteiger partial charge in [0.25, 0.3) is 0 Å². The molecule has 2 aromatic carbocycles. The monoisotopic (exact) mass is 519 g/mol. The maximum atomic E-state index is 12.6. The average molecular weight is 520 g/mol. The van der Waals surface area contributed by atoms with Gasteiger partial charge in [-0.1, -0.05) is 24.3 Å². The standard InChI is InChI=1S/C29H33N3O6/c33-27(30-13-1-2-14-30)36-24-11-9-22(10-12-24)7-8-23-19-25(37-28(34)31-15-3-4-16-31)21-26(20-23)38-29(35)32-17-5-6-18-32/h7-12,19-21H,1-6,13-18H2/b8-7+. The first-order valence-electron chi connectivity index (χ1n) is 13.4. The fourth-order valence-electron chi connectivity index (χ4n) is 4.84. The van der Waals surface area contributed by atoms with Gasteiger partial charge in [0.1, 0.15) is 17.2 Å². The number of carbonyl (C=O) groups is 3. The first kappa shape index (κ1) is 25.6. The molecule has 0 radical (unpaired) electrons. The van der Waals surface area contributed by atoms with E-state index in [9.17, 15) is 14.4 Å². The number of hydrogen-bond donors (Lipinski definition) is 0. The SMILES string of the molecule is O=C(Oc1ccc(/C=C/c2cc(OC(=O)N3CCCC3)cc(OC(=O)N3CCCC3)c2)cc1)N1CCCC1. The lowest BCUT2D eigenvalue weighted by Crippen LogP contribution is -2.31. The van der Waals surface area contributed by atoms with Crippen LogP contribution in [0.4, 0.5) is 14.4 Å². The van der Waals surface area contributed by atoms with Gasteiger partial charge < -0.3 is 28.9 Å². The van der Waals surface area contributed by atoms with Crippen molar-refractivity contribution < 1.29 is 28.6 Å². The number of hydrogen-bond acceptors (Lipinski definition) is 6. The molecular weight excluding hydrogens is 486 g/mol. The minimum atomic E-state index is -0.403. The molecule has 3 amide bonds. The summed E-state index contributed by atoms with van der Waals surface area (Å²) < 4.78 is 16.7. The maximum absolute atomic E-state index is 12.6. The second-order valence-electron chi connectivity index (χ2n) is 9.83. The molecule has 2 aromatic rings. The Morgan fingerprint density at radius 2 is 0.868 bits per heavy atom. The zero-order valence-corrected chi connectivity index (χ0v) is 21.5. The van der Waals surface area contributed by atoms with Gasteiger partial charge >= 0.3 is 18.3 Å². The molecule has 0 spiro atoms. The van der Waals surface area contributed by atoms with Crippen molar-refractivity contribution in [1.82, 2.24) is 14.7 Å². The topological polar surface area (TPSA) is 88.6 Å². The van der Waals surface area contributed by atoms with E-state index in [1.165, 1.54) is 0 Å². The van der Waals surface area contributed by atoms with Crippen molar-refractivity contribution in [3.8, 4) is 17.2 Å². The highest BCUT2D eigenvalue weighted by Crippen LogP contribution is 2.27. The van der Waals surface area contributed by atoms with Crippen LogP contribution in [0.25, 0.3) is 12.2 Å². The van der Waals surface area contributed by atoms with Gasteiger partial charge in [0.15, 0.2) is 0 Å². The van der Waals surface area contributed by atoms with Crippen LogP contribution in [0.5, 0.6) is 17.2 Å². The summed E-state index contributed by atoms with van der Waals surface area (Å²) in [6.07, 6.45) is 8.50. The second kappa shape index (κ2) is 12.0. The van der Waals surface area contributed by atoms with E-state index in [4.69, 9.17) is 14.2 Å². The second-order valence-corrected chi connectivity index (χ2v) is 9.83. The van der Waals surface area contributed by atoms with Crippen LogP contribution >= 0.6 is 0 Å². The zero-order chi connectivity index (χ0) is 26.3. The van der Waals surface area contributed by atoms with Crippen molar-refractivity contribution in [3.05, 3.63) is 53.6 Å². The number of likely N-dealkylation sites (tertiary alicyclic amines) is 3. The summed E-state index contributed by atoms with van der Waals surface area (Å²) in [7, 11) is 0. The lowest BCUT2D eigenvalue weighted by Gasteiger charge is -2.17. The first-order valence-corrected chi connectivity index (χ1v) is 13.4. The van der Waals surface area contributed by atoms with Crippen molar-refractivity contribution >= 4 is 30.4 Å². The molecule has 0 bridgehead atoms. The Kier molecular flexibility index (Phi) is 8.11. The van der Waals surface area contributed by atoms with Crippen molar-refractivity contribution in [3.63, 3.8) is 0 Å². The van der Waals surface area contributed by atoms with E-state index < -0.39 is 12.2 Å². The molecule has 0 unspecified atom stereocenters. The molecule has 0 N–H and O–H groups in total. The molecule has 3 fully saturated rings. The quantitative estimate of drug-likeness (QED) is 0.475. The summed E-state index contributed by atoms with van der Waals surface area (Å²) >= 11 is 0. The van der Waals surface area contributed by atoms with Crippen LogP contribution in [0.3, 0.4) is 0 Å². The molecule has 0 aliphatic carbocycles.